The largest absolute Gasteiger partial charge is 0.480 e. The number of carboxylic acids is 1. The van der Waals surface area contributed by atoms with Crippen LogP contribution in [0.25, 0.3) is 0 Å². The van der Waals surface area contributed by atoms with Crippen molar-refractivity contribution in [1.29, 1.82) is 0 Å². The Morgan fingerprint density at radius 2 is 2.12 bits per heavy atom. The van der Waals surface area contributed by atoms with Crippen molar-refractivity contribution in [3.63, 3.8) is 0 Å². The molecule has 0 aliphatic rings. The van der Waals surface area contributed by atoms with Gasteiger partial charge >= 0.3 is 11.9 Å². The first-order valence-electron chi connectivity index (χ1n) is 4.80. The molecule has 1 rings (SSSR count). The molecular weight excluding hydrogens is 229 g/mol. The summed E-state index contributed by atoms with van der Waals surface area (Å²) in [5.74, 6) is -2.43. The van der Waals surface area contributed by atoms with Gasteiger partial charge in [0.15, 0.2) is 0 Å². The molecule has 0 radical (unpaired) electrons. The third-order valence-corrected chi connectivity index (χ3v) is 2.15. The number of halogens is 1. The Hall–Kier alpha value is -2.11. The van der Waals surface area contributed by atoms with Crippen LogP contribution in [0.2, 0.25) is 0 Å². The van der Waals surface area contributed by atoms with Crippen molar-refractivity contribution in [2.24, 2.45) is 0 Å². The van der Waals surface area contributed by atoms with Gasteiger partial charge in [-0.05, 0) is 24.6 Å². The molecule has 0 aromatic heterocycles. The first-order valence-corrected chi connectivity index (χ1v) is 4.80. The van der Waals surface area contributed by atoms with Crippen molar-refractivity contribution < 1.29 is 23.8 Å². The van der Waals surface area contributed by atoms with Gasteiger partial charge in [-0.15, -0.1) is 0 Å². The second kappa shape index (κ2) is 5.29. The van der Waals surface area contributed by atoms with E-state index in [1.54, 1.807) is 6.92 Å². The van der Waals surface area contributed by atoms with Gasteiger partial charge in [-0.1, -0.05) is 0 Å². The average molecular weight is 241 g/mol. The van der Waals surface area contributed by atoms with Crippen LogP contribution in [-0.2, 0) is 9.53 Å². The smallest absolute Gasteiger partial charge is 0.338 e. The van der Waals surface area contributed by atoms with Crippen molar-refractivity contribution in [1.82, 2.24) is 0 Å². The van der Waals surface area contributed by atoms with Gasteiger partial charge in [0.25, 0.3) is 0 Å². The van der Waals surface area contributed by atoms with Crippen LogP contribution in [0.15, 0.2) is 12.1 Å². The summed E-state index contributed by atoms with van der Waals surface area (Å²) in [6, 6.07) is 2.38. The number of carboxylic acid groups (broad SMARTS) is 1. The maximum atomic E-state index is 13.5. The maximum absolute atomic E-state index is 13.5. The molecule has 0 unspecified atom stereocenters. The van der Waals surface area contributed by atoms with Gasteiger partial charge in [-0.25, -0.2) is 9.18 Å². The van der Waals surface area contributed by atoms with Gasteiger partial charge < -0.3 is 15.2 Å². The van der Waals surface area contributed by atoms with Gasteiger partial charge in [0, 0.05) is 0 Å². The third-order valence-electron chi connectivity index (χ3n) is 2.15. The summed E-state index contributed by atoms with van der Waals surface area (Å²) in [5, 5.41) is 10.9. The molecule has 0 spiro atoms. The summed E-state index contributed by atoms with van der Waals surface area (Å²) in [5.41, 5.74) is 0.662. The van der Waals surface area contributed by atoms with Crippen LogP contribution < -0.4 is 5.32 Å². The molecule has 2 N–H and O–H groups in total. The lowest BCUT2D eigenvalue weighted by Gasteiger charge is -2.09. The minimum Gasteiger partial charge on any atom is -0.480 e. The zero-order valence-electron chi connectivity index (χ0n) is 9.41. The molecular formula is C11H12FNO4. The Labute approximate surface area is 97.2 Å². The zero-order valence-corrected chi connectivity index (χ0v) is 9.41. The van der Waals surface area contributed by atoms with E-state index in [9.17, 15) is 14.0 Å². The predicted octanol–water partition coefficient (Wildman–Crippen LogP) is 1.42. The third kappa shape index (κ3) is 3.17. The Morgan fingerprint density at radius 1 is 1.47 bits per heavy atom. The summed E-state index contributed by atoms with van der Waals surface area (Å²) in [4.78, 5) is 21.6. The molecule has 0 aliphatic heterocycles. The molecule has 0 amide bonds. The molecule has 0 bridgehead atoms. The molecule has 0 fully saturated rings. The van der Waals surface area contributed by atoms with Crippen molar-refractivity contribution in [2.45, 2.75) is 6.92 Å². The number of rotatable bonds is 4. The lowest BCUT2D eigenvalue weighted by atomic mass is 10.1. The van der Waals surface area contributed by atoms with Gasteiger partial charge in [-0.2, -0.15) is 0 Å². The van der Waals surface area contributed by atoms with Crippen LogP contribution in [0.1, 0.15) is 15.9 Å². The van der Waals surface area contributed by atoms with E-state index in [1.165, 1.54) is 13.2 Å². The topological polar surface area (TPSA) is 75.6 Å². The number of carbonyl (C=O) groups excluding carboxylic acids is 1. The number of hydrogen-bond acceptors (Lipinski definition) is 4. The summed E-state index contributed by atoms with van der Waals surface area (Å²) in [6.07, 6.45) is 0. The second-order valence-corrected chi connectivity index (χ2v) is 3.39. The van der Waals surface area contributed by atoms with E-state index in [0.29, 0.717) is 5.56 Å². The van der Waals surface area contributed by atoms with Crippen LogP contribution in [0.5, 0.6) is 0 Å². The van der Waals surface area contributed by atoms with E-state index < -0.39 is 24.3 Å². The Balaban J connectivity index is 3.01. The fraction of sp³-hybridized carbons (Fsp3) is 0.273. The number of ether oxygens (including phenoxy) is 1. The highest BCUT2D eigenvalue weighted by Gasteiger charge is 2.14. The van der Waals surface area contributed by atoms with Crippen LogP contribution in [0.3, 0.4) is 0 Å². The number of nitrogens with one attached hydrogen (secondary N) is 1. The van der Waals surface area contributed by atoms with E-state index in [4.69, 9.17) is 5.11 Å². The minimum absolute atomic E-state index is 0.0394. The van der Waals surface area contributed by atoms with Gasteiger partial charge in [0.1, 0.15) is 12.4 Å². The molecule has 5 nitrogen and oxygen atoms in total. The highest BCUT2D eigenvalue weighted by atomic mass is 19.1. The number of carbonyl (C=O) groups is 2. The van der Waals surface area contributed by atoms with E-state index >= 15 is 0 Å². The first kappa shape index (κ1) is 13.0. The molecule has 0 heterocycles. The van der Waals surface area contributed by atoms with Crippen LogP contribution >= 0.6 is 0 Å². The Bertz CT molecular complexity index is 459. The second-order valence-electron chi connectivity index (χ2n) is 3.39. The van der Waals surface area contributed by atoms with Crippen LogP contribution in [-0.4, -0.2) is 30.7 Å². The Kier molecular flexibility index (Phi) is 4.03. The van der Waals surface area contributed by atoms with Crippen LogP contribution in [0.4, 0.5) is 10.1 Å². The van der Waals surface area contributed by atoms with Crippen LogP contribution in [0, 0.1) is 12.7 Å². The van der Waals surface area contributed by atoms with E-state index in [-0.39, 0.29) is 11.3 Å². The van der Waals surface area contributed by atoms with Crippen molar-refractivity contribution >= 4 is 17.6 Å². The Morgan fingerprint density at radius 3 is 2.65 bits per heavy atom. The molecule has 1 aromatic rings. The first-order chi connectivity index (χ1) is 7.95. The summed E-state index contributed by atoms with van der Waals surface area (Å²) >= 11 is 0. The van der Waals surface area contributed by atoms with Crippen molar-refractivity contribution in [3.05, 3.63) is 29.1 Å². The molecule has 1 aromatic carbocycles. The standard InChI is InChI=1S/C11H12FNO4/c1-6-3-9(13-5-10(14)15)8(12)4-7(6)11(16)17-2/h3-4,13H,5H2,1-2H3,(H,14,15). The van der Waals surface area contributed by atoms with E-state index in [0.717, 1.165) is 6.07 Å². The maximum Gasteiger partial charge on any atom is 0.338 e. The summed E-state index contributed by atoms with van der Waals surface area (Å²) < 4.78 is 18.0. The molecule has 92 valence electrons. The number of aliphatic carboxylic acids is 1. The van der Waals surface area contributed by atoms with E-state index in [2.05, 4.69) is 10.1 Å². The number of hydrogen-bond donors (Lipinski definition) is 2. The number of anilines is 1. The highest BCUT2D eigenvalue weighted by molar-refractivity contribution is 5.91. The van der Waals surface area contributed by atoms with E-state index in [1.807, 2.05) is 0 Å². The fourth-order valence-electron chi connectivity index (χ4n) is 1.32. The highest BCUT2D eigenvalue weighted by Crippen LogP contribution is 2.20. The van der Waals surface area contributed by atoms with Gasteiger partial charge in [-0.3, -0.25) is 4.79 Å². The number of esters is 1. The van der Waals surface area contributed by atoms with Gasteiger partial charge in [0.2, 0.25) is 0 Å². The summed E-state index contributed by atoms with van der Waals surface area (Å²) in [7, 11) is 1.20. The number of aryl methyl sites for hydroxylation is 1. The zero-order chi connectivity index (χ0) is 13.0. The quantitative estimate of drug-likeness (QED) is 0.779. The molecule has 6 heteroatoms. The molecule has 0 saturated heterocycles. The fourth-order valence-corrected chi connectivity index (χ4v) is 1.32. The summed E-state index contributed by atoms with van der Waals surface area (Å²) in [6.45, 7) is 1.21. The predicted molar refractivity (Wildman–Crippen MR) is 58.6 cm³/mol. The molecule has 0 atom stereocenters. The number of methoxy groups -OCH3 is 1. The molecule has 17 heavy (non-hydrogen) atoms. The SMILES string of the molecule is COC(=O)c1cc(F)c(NCC(=O)O)cc1C. The lowest BCUT2D eigenvalue weighted by Crippen LogP contribution is -2.14. The number of benzene rings is 1. The van der Waals surface area contributed by atoms with Crippen molar-refractivity contribution in [3.8, 4) is 0 Å². The molecule has 0 saturated carbocycles. The minimum atomic E-state index is -1.10. The lowest BCUT2D eigenvalue weighted by molar-refractivity contribution is -0.134. The average Bonchev–Trinajstić information content (AvgIpc) is 2.28. The van der Waals surface area contributed by atoms with Gasteiger partial charge in [0.05, 0.1) is 18.4 Å². The normalized spacial score (nSPS) is 9.82. The monoisotopic (exact) mass is 241 g/mol. The van der Waals surface area contributed by atoms with Crippen molar-refractivity contribution in [2.75, 3.05) is 19.0 Å². The molecule has 0 aliphatic carbocycles.